The summed E-state index contributed by atoms with van der Waals surface area (Å²) in [5.41, 5.74) is 0.420. The molecule has 1 aromatic carbocycles. The highest BCUT2D eigenvalue weighted by molar-refractivity contribution is 5.55. The number of pyridine rings is 1. The predicted molar refractivity (Wildman–Crippen MR) is 123 cm³/mol. The normalized spacial score (nSPS) is 14.1. The standard InChI is InChI=1S/C23H26F2N6O3/c1-30-6-8-31(9-7-30)20-5-4-15(11-26-20)29-23-27-12-16(13-28-23)34-14-17-21(24)18(32-2)10-19(33-3)22(17)25/h4-5,10-13H,6-9,14H2,1-3H3,(H,27,28,29). The number of nitrogens with zero attached hydrogens (tertiary/aromatic N) is 5. The molecule has 0 saturated carbocycles. The maximum Gasteiger partial charge on any atom is 0.227 e. The average molecular weight is 472 g/mol. The molecule has 180 valence electrons. The first-order valence-corrected chi connectivity index (χ1v) is 10.7. The number of hydrogen-bond acceptors (Lipinski definition) is 9. The molecule has 9 nitrogen and oxygen atoms in total. The van der Waals surface area contributed by atoms with E-state index in [2.05, 4.69) is 37.1 Å². The van der Waals surface area contributed by atoms with E-state index in [0.717, 1.165) is 43.8 Å². The molecule has 1 saturated heterocycles. The zero-order chi connectivity index (χ0) is 24.1. The van der Waals surface area contributed by atoms with Crippen molar-refractivity contribution in [1.29, 1.82) is 0 Å². The van der Waals surface area contributed by atoms with Gasteiger partial charge in [0.25, 0.3) is 0 Å². The second-order valence-corrected chi connectivity index (χ2v) is 7.74. The van der Waals surface area contributed by atoms with E-state index in [1.54, 1.807) is 6.20 Å². The first-order valence-electron chi connectivity index (χ1n) is 10.7. The topological polar surface area (TPSA) is 84.9 Å². The summed E-state index contributed by atoms with van der Waals surface area (Å²) in [5, 5.41) is 3.07. The number of rotatable bonds is 8. The van der Waals surface area contributed by atoms with Crippen LogP contribution < -0.4 is 24.4 Å². The van der Waals surface area contributed by atoms with Crippen LogP contribution in [0, 0.1) is 11.6 Å². The number of piperazine rings is 1. The van der Waals surface area contributed by atoms with Gasteiger partial charge in [0.05, 0.1) is 44.1 Å². The van der Waals surface area contributed by atoms with E-state index < -0.39 is 11.6 Å². The van der Waals surface area contributed by atoms with Crippen LogP contribution in [-0.4, -0.2) is 67.3 Å². The molecule has 0 atom stereocenters. The Morgan fingerprint density at radius 1 is 0.912 bits per heavy atom. The molecule has 34 heavy (non-hydrogen) atoms. The van der Waals surface area contributed by atoms with Crippen molar-refractivity contribution in [3.63, 3.8) is 0 Å². The molecule has 3 heterocycles. The summed E-state index contributed by atoms with van der Waals surface area (Å²) in [6.45, 7) is 3.51. The zero-order valence-electron chi connectivity index (χ0n) is 19.2. The summed E-state index contributed by atoms with van der Waals surface area (Å²) >= 11 is 0. The van der Waals surface area contributed by atoms with Gasteiger partial charge in [0.2, 0.25) is 5.95 Å². The Bertz CT molecular complexity index is 1080. The fourth-order valence-corrected chi connectivity index (χ4v) is 3.49. The molecule has 1 aliphatic rings. The zero-order valence-corrected chi connectivity index (χ0v) is 19.2. The van der Waals surface area contributed by atoms with Gasteiger partial charge in [-0.2, -0.15) is 0 Å². The summed E-state index contributed by atoms with van der Waals surface area (Å²) in [6, 6.07) is 5.01. The lowest BCUT2D eigenvalue weighted by atomic mass is 10.1. The van der Waals surface area contributed by atoms with Gasteiger partial charge in [-0.1, -0.05) is 0 Å². The number of anilines is 3. The molecule has 0 unspecified atom stereocenters. The lowest BCUT2D eigenvalue weighted by molar-refractivity contribution is 0.280. The van der Waals surface area contributed by atoms with Gasteiger partial charge in [-0.3, -0.25) is 0 Å². The molecule has 1 fully saturated rings. The maximum atomic E-state index is 14.5. The van der Waals surface area contributed by atoms with E-state index in [1.165, 1.54) is 26.6 Å². The van der Waals surface area contributed by atoms with Crippen LogP contribution in [0.2, 0.25) is 0 Å². The number of likely N-dealkylation sites (N-methyl/N-ethyl adjacent to an activating group) is 1. The van der Waals surface area contributed by atoms with Crippen LogP contribution in [0.3, 0.4) is 0 Å². The van der Waals surface area contributed by atoms with Crippen LogP contribution in [0.25, 0.3) is 0 Å². The van der Waals surface area contributed by atoms with Crippen LogP contribution >= 0.6 is 0 Å². The number of methoxy groups -OCH3 is 2. The quantitative estimate of drug-likeness (QED) is 0.531. The number of ether oxygens (including phenoxy) is 3. The van der Waals surface area contributed by atoms with Crippen molar-refractivity contribution in [2.45, 2.75) is 6.61 Å². The Balaban J connectivity index is 1.37. The molecule has 4 rings (SSSR count). The van der Waals surface area contributed by atoms with E-state index in [-0.39, 0.29) is 29.4 Å². The van der Waals surface area contributed by atoms with Gasteiger partial charge in [0, 0.05) is 32.2 Å². The van der Waals surface area contributed by atoms with Crippen molar-refractivity contribution in [1.82, 2.24) is 19.9 Å². The Morgan fingerprint density at radius 2 is 1.56 bits per heavy atom. The van der Waals surface area contributed by atoms with Crippen LogP contribution in [0.5, 0.6) is 17.2 Å². The molecule has 0 bridgehead atoms. The third-order valence-electron chi connectivity index (χ3n) is 5.51. The number of hydrogen-bond donors (Lipinski definition) is 1. The first kappa shape index (κ1) is 23.4. The monoisotopic (exact) mass is 472 g/mol. The van der Waals surface area contributed by atoms with Gasteiger partial charge in [-0.25, -0.2) is 23.7 Å². The van der Waals surface area contributed by atoms with Gasteiger partial charge in [0.1, 0.15) is 12.4 Å². The second-order valence-electron chi connectivity index (χ2n) is 7.74. The lowest BCUT2D eigenvalue weighted by Gasteiger charge is -2.33. The molecule has 0 spiro atoms. The Labute approximate surface area is 196 Å². The molecule has 11 heteroatoms. The van der Waals surface area contributed by atoms with Crippen LogP contribution in [0.4, 0.5) is 26.2 Å². The fraction of sp³-hybridized carbons (Fsp3) is 0.348. The van der Waals surface area contributed by atoms with Gasteiger partial charge in [-0.05, 0) is 19.2 Å². The second kappa shape index (κ2) is 10.5. The molecule has 3 aromatic rings. The molecular formula is C23H26F2N6O3. The van der Waals surface area contributed by atoms with Gasteiger partial charge < -0.3 is 29.3 Å². The summed E-state index contributed by atoms with van der Waals surface area (Å²) in [5.74, 6) is -0.478. The van der Waals surface area contributed by atoms with Crippen LogP contribution in [0.1, 0.15) is 5.56 Å². The molecular weight excluding hydrogens is 446 g/mol. The Kier molecular flexibility index (Phi) is 7.21. The van der Waals surface area contributed by atoms with Crippen molar-refractivity contribution >= 4 is 17.5 Å². The van der Waals surface area contributed by atoms with Crippen LogP contribution in [-0.2, 0) is 6.61 Å². The molecule has 1 N–H and O–H groups in total. The maximum absolute atomic E-state index is 14.5. The van der Waals surface area contributed by atoms with E-state index in [1.807, 2.05) is 12.1 Å². The van der Waals surface area contributed by atoms with Crippen LogP contribution in [0.15, 0.2) is 36.8 Å². The SMILES string of the molecule is COc1cc(OC)c(F)c(COc2cnc(Nc3ccc(N4CCN(C)CC4)nc3)nc2)c1F. The van der Waals surface area contributed by atoms with Gasteiger partial charge in [-0.15, -0.1) is 0 Å². The number of aromatic nitrogens is 3. The molecule has 2 aromatic heterocycles. The Morgan fingerprint density at radius 3 is 2.12 bits per heavy atom. The van der Waals surface area contributed by atoms with E-state index >= 15 is 0 Å². The molecule has 0 amide bonds. The minimum absolute atomic E-state index is 0.139. The average Bonchev–Trinajstić information content (AvgIpc) is 2.86. The number of nitrogens with one attached hydrogen (secondary N) is 1. The first-order chi connectivity index (χ1) is 16.5. The highest BCUT2D eigenvalue weighted by atomic mass is 19.1. The summed E-state index contributed by atoms with van der Waals surface area (Å²) in [6.07, 6.45) is 4.55. The summed E-state index contributed by atoms with van der Waals surface area (Å²) in [7, 11) is 4.69. The summed E-state index contributed by atoms with van der Waals surface area (Å²) in [4.78, 5) is 17.4. The molecule has 0 radical (unpaired) electrons. The minimum Gasteiger partial charge on any atom is -0.494 e. The van der Waals surface area contributed by atoms with E-state index in [9.17, 15) is 8.78 Å². The summed E-state index contributed by atoms with van der Waals surface area (Å²) < 4.78 is 44.3. The number of benzene rings is 1. The predicted octanol–water partition coefficient (Wildman–Crippen LogP) is 3.24. The van der Waals surface area contributed by atoms with E-state index in [0.29, 0.717) is 5.95 Å². The van der Waals surface area contributed by atoms with Crippen molar-refractivity contribution in [3.8, 4) is 17.2 Å². The van der Waals surface area contributed by atoms with Crippen molar-refractivity contribution < 1.29 is 23.0 Å². The molecule has 0 aliphatic carbocycles. The van der Waals surface area contributed by atoms with Crippen molar-refractivity contribution in [2.75, 3.05) is 57.7 Å². The third-order valence-corrected chi connectivity index (χ3v) is 5.51. The number of halogens is 2. The van der Waals surface area contributed by atoms with Crippen molar-refractivity contribution in [3.05, 3.63) is 54.0 Å². The van der Waals surface area contributed by atoms with Gasteiger partial charge >= 0.3 is 0 Å². The highest BCUT2D eigenvalue weighted by Crippen LogP contribution is 2.32. The fourth-order valence-electron chi connectivity index (χ4n) is 3.49. The third kappa shape index (κ3) is 5.25. The van der Waals surface area contributed by atoms with Gasteiger partial charge in [0.15, 0.2) is 28.9 Å². The largest absolute Gasteiger partial charge is 0.494 e. The smallest absolute Gasteiger partial charge is 0.227 e. The lowest BCUT2D eigenvalue weighted by Crippen LogP contribution is -2.44. The minimum atomic E-state index is -0.854. The van der Waals surface area contributed by atoms with E-state index in [4.69, 9.17) is 14.2 Å². The Hall–Kier alpha value is -3.73. The highest BCUT2D eigenvalue weighted by Gasteiger charge is 2.20. The van der Waals surface area contributed by atoms with Crippen molar-refractivity contribution in [2.24, 2.45) is 0 Å². The molecule has 1 aliphatic heterocycles.